The molecule has 12 heteroatoms. The Kier molecular flexibility index (Phi) is 6.70. The van der Waals surface area contributed by atoms with Gasteiger partial charge in [0, 0.05) is 72.1 Å². The number of hydrogen-bond donors (Lipinski definition) is 2. The second kappa shape index (κ2) is 10.1. The first-order chi connectivity index (χ1) is 17.4. The maximum Gasteiger partial charge on any atom is 0.276 e. The molecule has 186 valence electrons. The van der Waals surface area contributed by atoms with Crippen molar-refractivity contribution in [2.24, 2.45) is 0 Å². The van der Waals surface area contributed by atoms with Crippen LogP contribution in [0.3, 0.4) is 0 Å². The molecule has 0 spiro atoms. The molecule has 0 bridgehead atoms. The number of hydrogen-bond acceptors (Lipinski definition) is 8. The van der Waals surface area contributed by atoms with E-state index in [4.69, 9.17) is 0 Å². The summed E-state index contributed by atoms with van der Waals surface area (Å²) in [5.41, 5.74) is 1.93. The molecule has 2 N–H and O–H groups in total. The van der Waals surface area contributed by atoms with Crippen molar-refractivity contribution >= 4 is 40.0 Å². The number of benzene rings is 2. The van der Waals surface area contributed by atoms with Gasteiger partial charge < -0.3 is 15.1 Å². The van der Waals surface area contributed by atoms with E-state index in [1.807, 2.05) is 6.07 Å². The maximum atomic E-state index is 13.5. The van der Waals surface area contributed by atoms with Crippen molar-refractivity contribution in [3.8, 4) is 0 Å². The second-order valence-corrected chi connectivity index (χ2v) is 9.71. The van der Waals surface area contributed by atoms with Gasteiger partial charge in [0.05, 0.1) is 10.3 Å². The van der Waals surface area contributed by atoms with Gasteiger partial charge in [-0.3, -0.25) is 15.2 Å². The monoisotopic (exact) mass is 511 g/mol. The van der Waals surface area contributed by atoms with E-state index >= 15 is 0 Å². The first-order valence-electron chi connectivity index (χ1n) is 11.3. The highest BCUT2D eigenvalue weighted by atomic mass is 32.2. The van der Waals surface area contributed by atoms with E-state index in [0.29, 0.717) is 32.2 Å². The number of nitrogens with one attached hydrogen (secondary N) is 2. The normalized spacial score (nSPS) is 14.4. The topological polar surface area (TPSA) is 103 Å². The van der Waals surface area contributed by atoms with Crippen molar-refractivity contribution in [3.05, 3.63) is 76.0 Å². The molecule has 36 heavy (non-hydrogen) atoms. The van der Waals surface area contributed by atoms with E-state index < -0.39 is 11.6 Å². The van der Waals surface area contributed by atoms with Crippen LogP contribution in [0, 0.1) is 21.7 Å². The van der Waals surface area contributed by atoms with Crippen molar-refractivity contribution < 1.29 is 13.7 Å². The number of nitro benzene ring substituents is 1. The van der Waals surface area contributed by atoms with Gasteiger partial charge in [-0.25, -0.2) is 13.8 Å². The number of aromatic amines is 1. The molecule has 0 atom stereocenters. The zero-order valence-electron chi connectivity index (χ0n) is 19.4. The molecule has 0 radical (unpaired) electrons. The molecule has 3 heterocycles. The smallest absolute Gasteiger partial charge is 0.276 e. The molecule has 4 aromatic rings. The highest BCUT2D eigenvalue weighted by Crippen LogP contribution is 2.32. The van der Waals surface area contributed by atoms with Gasteiger partial charge in [0.1, 0.15) is 11.6 Å². The van der Waals surface area contributed by atoms with Gasteiger partial charge in [-0.2, -0.15) is 5.10 Å². The molecule has 5 rings (SSSR count). The lowest BCUT2D eigenvalue weighted by molar-refractivity contribution is -0.385. The number of nitrogens with zero attached hydrogens (tertiary/aromatic N) is 5. The molecule has 1 aliphatic rings. The largest absolute Gasteiger partial charge is 0.369 e. The first-order valence-corrected chi connectivity index (χ1v) is 12.1. The van der Waals surface area contributed by atoms with Gasteiger partial charge in [0.25, 0.3) is 5.69 Å². The Balaban J connectivity index is 1.34. The fourth-order valence-corrected chi connectivity index (χ4v) is 5.01. The third-order valence-electron chi connectivity index (χ3n) is 6.04. The Labute approximate surface area is 209 Å². The number of rotatable bonds is 7. The maximum absolute atomic E-state index is 13.5. The van der Waals surface area contributed by atoms with Crippen LogP contribution in [-0.2, 0) is 6.54 Å². The Morgan fingerprint density at radius 2 is 1.83 bits per heavy atom. The third kappa shape index (κ3) is 5.24. The minimum Gasteiger partial charge on any atom is -0.369 e. The molecule has 0 saturated carbocycles. The summed E-state index contributed by atoms with van der Waals surface area (Å²) < 4.78 is 27.1. The molecule has 0 unspecified atom stereocenters. The summed E-state index contributed by atoms with van der Waals surface area (Å²) in [7, 11) is 2.06. The van der Waals surface area contributed by atoms with Crippen LogP contribution in [0.2, 0.25) is 0 Å². The average molecular weight is 512 g/mol. The van der Waals surface area contributed by atoms with E-state index in [-0.39, 0.29) is 17.2 Å². The number of nitro groups is 1. The number of likely N-dealkylation sites (N-methyl/N-ethyl adjacent to an activating group) is 1. The second-order valence-electron chi connectivity index (χ2n) is 8.56. The molecule has 1 fully saturated rings. The summed E-state index contributed by atoms with van der Waals surface area (Å²) >= 11 is 1.17. The average Bonchev–Trinajstić information content (AvgIpc) is 3.24. The molecular weight excluding hydrogens is 488 g/mol. The van der Waals surface area contributed by atoms with Crippen molar-refractivity contribution in [2.75, 3.05) is 43.4 Å². The van der Waals surface area contributed by atoms with Crippen molar-refractivity contribution in [1.29, 1.82) is 0 Å². The molecule has 0 aliphatic carbocycles. The summed E-state index contributed by atoms with van der Waals surface area (Å²) in [6.07, 6.45) is 1.58. The zero-order chi connectivity index (χ0) is 25.2. The number of fused-ring (bicyclic) bond motifs is 1. The van der Waals surface area contributed by atoms with Crippen molar-refractivity contribution in [3.63, 3.8) is 0 Å². The number of halogens is 2. The van der Waals surface area contributed by atoms with E-state index in [0.717, 1.165) is 37.9 Å². The molecule has 1 saturated heterocycles. The molecule has 1 aliphatic heterocycles. The van der Waals surface area contributed by atoms with Crippen LogP contribution < -0.4 is 10.2 Å². The summed E-state index contributed by atoms with van der Waals surface area (Å²) in [5.74, 6) is -0.835. The lowest BCUT2D eigenvalue weighted by Gasteiger charge is -2.34. The minimum absolute atomic E-state index is 0.0428. The number of pyridine rings is 1. The van der Waals surface area contributed by atoms with Gasteiger partial charge in [0.15, 0.2) is 11.5 Å². The van der Waals surface area contributed by atoms with E-state index in [9.17, 15) is 18.9 Å². The Bertz CT molecular complexity index is 1400. The van der Waals surface area contributed by atoms with E-state index in [1.165, 1.54) is 23.9 Å². The fraction of sp³-hybridized carbons (Fsp3) is 0.250. The SMILES string of the molecule is CN1CCN(c2ccc(CNc3n[nH]c4ncc(Sc5cc(F)cc(F)c5)cc34)c([N+](=O)[O-])c2)CC1. The number of aromatic nitrogens is 3. The van der Waals surface area contributed by atoms with Crippen LogP contribution in [0.5, 0.6) is 0 Å². The van der Waals surface area contributed by atoms with Crippen LogP contribution in [0.1, 0.15) is 5.56 Å². The van der Waals surface area contributed by atoms with Crippen molar-refractivity contribution in [1.82, 2.24) is 20.1 Å². The van der Waals surface area contributed by atoms with Gasteiger partial charge >= 0.3 is 0 Å². The summed E-state index contributed by atoms with van der Waals surface area (Å²) in [6.45, 7) is 3.64. The van der Waals surface area contributed by atoms with Crippen LogP contribution in [0.4, 0.5) is 26.0 Å². The lowest BCUT2D eigenvalue weighted by atomic mass is 10.1. The molecule has 0 amide bonds. The highest BCUT2D eigenvalue weighted by Gasteiger charge is 2.20. The van der Waals surface area contributed by atoms with E-state index in [2.05, 4.69) is 37.3 Å². The van der Waals surface area contributed by atoms with Gasteiger partial charge in [-0.05, 0) is 37.4 Å². The standard InChI is InChI=1S/C24H23F2N7O2S/c1-31-4-6-32(7-5-31)18-3-2-15(22(11-18)33(34)35)13-27-23-21-12-20(14-28-24(21)30-29-23)36-19-9-16(25)8-17(26)10-19/h2-3,8-12,14H,4-7,13H2,1H3,(H2,27,28,29,30). The zero-order valence-corrected chi connectivity index (χ0v) is 20.2. The quantitative estimate of drug-likeness (QED) is 0.273. The Hall–Kier alpha value is -3.77. The van der Waals surface area contributed by atoms with Gasteiger partial charge in [-0.15, -0.1) is 0 Å². The first kappa shape index (κ1) is 23.9. The van der Waals surface area contributed by atoms with E-state index in [1.54, 1.807) is 24.4 Å². The number of anilines is 2. The van der Waals surface area contributed by atoms with Crippen LogP contribution in [0.15, 0.2) is 58.5 Å². The summed E-state index contributed by atoms with van der Waals surface area (Å²) in [6, 6.07) is 10.4. The summed E-state index contributed by atoms with van der Waals surface area (Å²) in [5, 5.41) is 22.7. The molecule has 2 aromatic heterocycles. The number of H-pyrrole nitrogens is 1. The minimum atomic E-state index is -0.655. The van der Waals surface area contributed by atoms with Crippen LogP contribution in [-0.4, -0.2) is 58.2 Å². The molecular formula is C24H23F2N7O2S. The van der Waals surface area contributed by atoms with Crippen LogP contribution >= 0.6 is 11.8 Å². The predicted octanol–water partition coefficient (Wildman–Crippen LogP) is 4.66. The van der Waals surface area contributed by atoms with Crippen molar-refractivity contribution in [2.45, 2.75) is 16.3 Å². The van der Waals surface area contributed by atoms with Gasteiger partial charge in [-0.1, -0.05) is 11.8 Å². The third-order valence-corrected chi connectivity index (χ3v) is 6.97. The Morgan fingerprint density at radius 1 is 1.08 bits per heavy atom. The lowest BCUT2D eigenvalue weighted by Crippen LogP contribution is -2.44. The Morgan fingerprint density at radius 3 is 2.56 bits per heavy atom. The van der Waals surface area contributed by atoms with Crippen LogP contribution in [0.25, 0.3) is 11.0 Å². The highest BCUT2D eigenvalue weighted by molar-refractivity contribution is 7.99. The fourth-order valence-electron chi connectivity index (χ4n) is 4.11. The van der Waals surface area contributed by atoms with Gasteiger partial charge in [0.2, 0.25) is 0 Å². The summed E-state index contributed by atoms with van der Waals surface area (Å²) in [4.78, 5) is 21.2. The number of piperazine rings is 1. The molecule has 9 nitrogen and oxygen atoms in total. The predicted molar refractivity (Wildman–Crippen MR) is 135 cm³/mol. The molecule has 2 aromatic carbocycles.